The molecule has 0 aromatic carbocycles. The monoisotopic (exact) mass is 340 g/mol. The second kappa shape index (κ2) is 6.19. The van der Waals surface area contributed by atoms with E-state index in [1.807, 2.05) is 20.8 Å². The Hall–Kier alpha value is -2.34. The summed E-state index contributed by atoms with van der Waals surface area (Å²) in [5.41, 5.74) is 3.52. The summed E-state index contributed by atoms with van der Waals surface area (Å²) >= 11 is 0. The van der Waals surface area contributed by atoms with Gasteiger partial charge in [-0.15, -0.1) is 0 Å². The minimum Gasteiger partial charge on any atom is -0.457 e. The first kappa shape index (κ1) is 16.1. The van der Waals surface area contributed by atoms with Gasteiger partial charge in [-0.05, 0) is 65.9 Å². The second-order valence-electron chi connectivity index (χ2n) is 7.05. The van der Waals surface area contributed by atoms with Crippen LogP contribution in [-0.4, -0.2) is 41.2 Å². The average Bonchev–Trinajstić information content (AvgIpc) is 3.11. The van der Waals surface area contributed by atoms with E-state index in [-0.39, 0.29) is 0 Å². The van der Waals surface area contributed by atoms with Crippen LogP contribution in [0.15, 0.2) is 21.1 Å². The van der Waals surface area contributed by atoms with Crippen LogP contribution < -0.4 is 5.32 Å². The van der Waals surface area contributed by atoms with Gasteiger partial charge in [0.2, 0.25) is 0 Å². The van der Waals surface area contributed by atoms with Crippen LogP contribution in [0.5, 0.6) is 0 Å². The first-order valence-corrected chi connectivity index (χ1v) is 8.81. The van der Waals surface area contributed by atoms with Gasteiger partial charge in [0.25, 0.3) is 0 Å². The third-order valence-corrected chi connectivity index (χ3v) is 4.97. The highest BCUT2D eigenvalue weighted by Gasteiger charge is 2.21. The number of nitrogens with zero attached hydrogens (tertiary/aromatic N) is 3. The van der Waals surface area contributed by atoms with E-state index in [0.717, 1.165) is 71.2 Å². The molecule has 0 unspecified atom stereocenters. The number of furan rings is 1. The largest absolute Gasteiger partial charge is 0.457 e. The normalized spacial score (nSPS) is 16.6. The molecule has 0 atom stereocenters. The number of aromatic nitrogens is 2. The number of pyridine rings is 1. The molecule has 0 aliphatic carbocycles. The number of fused-ring (bicyclic) bond motifs is 1. The highest BCUT2D eigenvalue weighted by atomic mass is 16.5. The lowest BCUT2D eigenvalue weighted by Gasteiger charge is -2.29. The standard InChI is InChI=1S/C19H24N4O2/c1-11-9-14-10-16(17-12(2)22-25-13(17)3)21-19(18(14)24-11)20-15-5-7-23(4)8-6-15/h9-10,15H,5-8H2,1-4H3,(H,20,21). The van der Waals surface area contributed by atoms with Crippen LogP contribution in [0.3, 0.4) is 0 Å². The number of hydrogen-bond donors (Lipinski definition) is 1. The number of hydrogen-bond acceptors (Lipinski definition) is 6. The molecule has 0 saturated carbocycles. The molecule has 1 aliphatic heterocycles. The molecule has 4 rings (SSSR count). The van der Waals surface area contributed by atoms with Crippen molar-refractivity contribution in [3.8, 4) is 11.3 Å². The van der Waals surface area contributed by atoms with Crippen molar-refractivity contribution in [2.24, 2.45) is 0 Å². The molecular formula is C19H24N4O2. The lowest BCUT2D eigenvalue weighted by molar-refractivity contribution is 0.263. The zero-order valence-corrected chi connectivity index (χ0v) is 15.2. The van der Waals surface area contributed by atoms with Crippen LogP contribution in [0.4, 0.5) is 5.82 Å². The fraction of sp³-hybridized carbons (Fsp3) is 0.474. The maximum Gasteiger partial charge on any atom is 0.176 e. The summed E-state index contributed by atoms with van der Waals surface area (Å²) in [6.45, 7) is 8.03. The van der Waals surface area contributed by atoms with Gasteiger partial charge in [0.15, 0.2) is 11.4 Å². The SMILES string of the molecule is Cc1cc2cc(-c3c(C)noc3C)nc(NC3CCN(C)CC3)c2o1. The van der Waals surface area contributed by atoms with Crippen molar-refractivity contribution >= 4 is 16.8 Å². The maximum absolute atomic E-state index is 5.92. The summed E-state index contributed by atoms with van der Waals surface area (Å²) in [6.07, 6.45) is 2.21. The van der Waals surface area contributed by atoms with Gasteiger partial charge in [-0.1, -0.05) is 5.16 Å². The van der Waals surface area contributed by atoms with Crippen molar-refractivity contribution in [2.45, 2.75) is 39.7 Å². The van der Waals surface area contributed by atoms with E-state index < -0.39 is 0 Å². The molecule has 3 aromatic rings. The van der Waals surface area contributed by atoms with Crippen LogP contribution >= 0.6 is 0 Å². The van der Waals surface area contributed by atoms with Crippen LogP contribution in [-0.2, 0) is 0 Å². The van der Waals surface area contributed by atoms with Gasteiger partial charge < -0.3 is 19.2 Å². The molecule has 6 heteroatoms. The Kier molecular flexibility index (Phi) is 4.00. The molecule has 132 valence electrons. The number of aryl methyl sites for hydroxylation is 3. The molecule has 0 spiro atoms. The Labute approximate surface area is 147 Å². The molecular weight excluding hydrogens is 316 g/mol. The molecule has 1 N–H and O–H groups in total. The second-order valence-corrected chi connectivity index (χ2v) is 7.05. The van der Waals surface area contributed by atoms with E-state index in [1.54, 1.807) is 0 Å². The first-order valence-electron chi connectivity index (χ1n) is 8.81. The smallest absolute Gasteiger partial charge is 0.176 e. The molecule has 0 bridgehead atoms. The number of nitrogens with one attached hydrogen (secondary N) is 1. The van der Waals surface area contributed by atoms with Gasteiger partial charge >= 0.3 is 0 Å². The van der Waals surface area contributed by atoms with E-state index in [0.29, 0.717) is 6.04 Å². The zero-order chi connectivity index (χ0) is 17.6. The lowest BCUT2D eigenvalue weighted by Crippen LogP contribution is -2.36. The topological polar surface area (TPSA) is 67.3 Å². The molecule has 3 aromatic heterocycles. The van der Waals surface area contributed by atoms with E-state index in [9.17, 15) is 0 Å². The Morgan fingerprint density at radius 3 is 2.60 bits per heavy atom. The third-order valence-electron chi connectivity index (χ3n) is 4.97. The van der Waals surface area contributed by atoms with Gasteiger partial charge in [0.05, 0.1) is 17.0 Å². The van der Waals surface area contributed by atoms with Gasteiger partial charge in [-0.3, -0.25) is 0 Å². The van der Waals surface area contributed by atoms with Gasteiger partial charge in [-0.25, -0.2) is 4.98 Å². The van der Waals surface area contributed by atoms with E-state index in [2.05, 4.69) is 34.6 Å². The summed E-state index contributed by atoms with van der Waals surface area (Å²) < 4.78 is 11.2. The van der Waals surface area contributed by atoms with Crippen LogP contribution in [0.2, 0.25) is 0 Å². The fourth-order valence-electron chi connectivity index (χ4n) is 3.60. The predicted molar refractivity (Wildman–Crippen MR) is 97.9 cm³/mol. The molecule has 1 saturated heterocycles. The molecule has 4 heterocycles. The average molecular weight is 340 g/mol. The van der Waals surface area contributed by atoms with Crippen molar-refractivity contribution < 1.29 is 8.94 Å². The Morgan fingerprint density at radius 2 is 1.92 bits per heavy atom. The predicted octanol–water partition coefficient (Wildman–Crippen LogP) is 3.91. The van der Waals surface area contributed by atoms with Gasteiger partial charge in [0, 0.05) is 11.4 Å². The van der Waals surface area contributed by atoms with E-state index in [4.69, 9.17) is 13.9 Å². The highest BCUT2D eigenvalue weighted by Crippen LogP contribution is 2.33. The number of anilines is 1. The van der Waals surface area contributed by atoms with Gasteiger partial charge in [-0.2, -0.15) is 0 Å². The first-order chi connectivity index (χ1) is 12.0. The van der Waals surface area contributed by atoms with Crippen molar-refractivity contribution in [3.05, 3.63) is 29.3 Å². The summed E-state index contributed by atoms with van der Waals surface area (Å²) in [5.74, 6) is 2.49. The van der Waals surface area contributed by atoms with Crippen molar-refractivity contribution in [2.75, 3.05) is 25.5 Å². The van der Waals surface area contributed by atoms with Crippen molar-refractivity contribution in [1.29, 1.82) is 0 Å². The van der Waals surface area contributed by atoms with Crippen LogP contribution in [0, 0.1) is 20.8 Å². The van der Waals surface area contributed by atoms with Crippen LogP contribution in [0.1, 0.15) is 30.1 Å². The number of likely N-dealkylation sites (tertiary alicyclic amines) is 1. The minimum atomic E-state index is 0.414. The Bertz CT molecular complexity index is 884. The Morgan fingerprint density at radius 1 is 1.16 bits per heavy atom. The molecule has 1 aliphatic rings. The molecule has 0 amide bonds. The third kappa shape index (κ3) is 3.02. The van der Waals surface area contributed by atoms with Crippen molar-refractivity contribution in [3.63, 3.8) is 0 Å². The molecule has 0 radical (unpaired) electrons. The highest BCUT2D eigenvalue weighted by molar-refractivity contribution is 5.91. The minimum absolute atomic E-state index is 0.414. The fourth-order valence-corrected chi connectivity index (χ4v) is 3.60. The zero-order valence-electron chi connectivity index (χ0n) is 15.2. The molecule has 25 heavy (non-hydrogen) atoms. The summed E-state index contributed by atoms with van der Waals surface area (Å²) in [4.78, 5) is 7.23. The number of rotatable bonds is 3. The van der Waals surface area contributed by atoms with Gasteiger partial charge in [0.1, 0.15) is 11.5 Å². The summed E-state index contributed by atoms with van der Waals surface area (Å²) in [6, 6.07) is 4.52. The van der Waals surface area contributed by atoms with Crippen molar-refractivity contribution in [1.82, 2.24) is 15.0 Å². The van der Waals surface area contributed by atoms with Crippen LogP contribution in [0.25, 0.3) is 22.2 Å². The number of piperidine rings is 1. The Balaban J connectivity index is 1.76. The quantitative estimate of drug-likeness (QED) is 0.779. The molecule has 1 fully saturated rings. The summed E-state index contributed by atoms with van der Waals surface area (Å²) in [7, 11) is 2.17. The maximum atomic E-state index is 5.92. The van der Waals surface area contributed by atoms with E-state index >= 15 is 0 Å². The van der Waals surface area contributed by atoms with E-state index in [1.165, 1.54) is 0 Å². The molecule has 6 nitrogen and oxygen atoms in total. The summed E-state index contributed by atoms with van der Waals surface area (Å²) in [5, 5.41) is 8.74. The lowest BCUT2D eigenvalue weighted by atomic mass is 10.1.